The molecule has 2 aromatic carbocycles. The van der Waals surface area contributed by atoms with Crippen molar-refractivity contribution in [3.8, 4) is 5.69 Å². The molecule has 0 aliphatic carbocycles. The number of rotatable bonds is 3. The van der Waals surface area contributed by atoms with Crippen molar-refractivity contribution in [3.63, 3.8) is 0 Å². The van der Waals surface area contributed by atoms with E-state index in [1.807, 2.05) is 12.3 Å². The van der Waals surface area contributed by atoms with Gasteiger partial charge in [-0.2, -0.15) is 5.10 Å². The molecule has 1 atom stereocenters. The van der Waals surface area contributed by atoms with Crippen LogP contribution in [0.1, 0.15) is 34.7 Å². The molecule has 1 saturated heterocycles. The maximum Gasteiger partial charge on any atom is 0.337 e. The molecule has 0 amide bonds. The average molecular weight is 335 g/mol. The number of aromatic nitrogens is 2. The summed E-state index contributed by atoms with van der Waals surface area (Å²) >= 11 is 0. The molecule has 5 heteroatoms. The molecule has 1 N–H and O–H groups in total. The van der Waals surface area contributed by atoms with Crippen LogP contribution >= 0.6 is 0 Å². The lowest BCUT2D eigenvalue weighted by atomic mass is 9.91. The topological polar surface area (TPSA) is 58.4 Å². The minimum atomic E-state index is -0.951. The van der Waals surface area contributed by atoms with Crippen LogP contribution in [0.2, 0.25) is 0 Å². The zero-order valence-electron chi connectivity index (χ0n) is 14.2. The summed E-state index contributed by atoms with van der Waals surface area (Å²) in [6.45, 7) is 2.29. The number of benzene rings is 2. The number of likely N-dealkylation sites (N-methyl/N-ethyl adjacent to an activating group) is 1. The second-order valence-corrected chi connectivity index (χ2v) is 6.82. The van der Waals surface area contributed by atoms with Crippen LogP contribution in [0.4, 0.5) is 0 Å². The van der Waals surface area contributed by atoms with Crippen LogP contribution in [0.5, 0.6) is 0 Å². The largest absolute Gasteiger partial charge is 0.478 e. The van der Waals surface area contributed by atoms with Gasteiger partial charge >= 0.3 is 5.97 Å². The van der Waals surface area contributed by atoms with E-state index in [1.165, 1.54) is 24.9 Å². The highest BCUT2D eigenvalue weighted by molar-refractivity contribution is 6.01. The quantitative estimate of drug-likeness (QED) is 0.795. The first-order chi connectivity index (χ1) is 12.1. The summed E-state index contributed by atoms with van der Waals surface area (Å²) in [5, 5.41) is 14.6. The highest BCUT2D eigenvalue weighted by Gasteiger charge is 2.19. The maximum atomic E-state index is 11.4. The SMILES string of the molecule is CN1CCC[C@@H](c2ccc(-n3cc4cccc(C(=O)O)c4n3)cc2)C1. The van der Waals surface area contributed by atoms with E-state index in [9.17, 15) is 9.90 Å². The molecule has 0 radical (unpaired) electrons. The second-order valence-electron chi connectivity index (χ2n) is 6.82. The van der Waals surface area contributed by atoms with Gasteiger partial charge < -0.3 is 10.0 Å². The number of carboxylic acid groups (broad SMARTS) is 1. The van der Waals surface area contributed by atoms with Crippen molar-refractivity contribution in [1.82, 2.24) is 14.7 Å². The molecule has 0 saturated carbocycles. The molecule has 1 fully saturated rings. The van der Waals surface area contributed by atoms with Crippen LogP contribution in [0.25, 0.3) is 16.6 Å². The fraction of sp³-hybridized carbons (Fsp3) is 0.300. The van der Waals surface area contributed by atoms with Gasteiger partial charge in [0.05, 0.1) is 11.3 Å². The minimum absolute atomic E-state index is 0.234. The van der Waals surface area contributed by atoms with Gasteiger partial charge in [-0.1, -0.05) is 24.3 Å². The van der Waals surface area contributed by atoms with E-state index in [2.05, 4.69) is 41.3 Å². The highest BCUT2D eigenvalue weighted by Crippen LogP contribution is 2.27. The van der Waals surface area contributed by atoms with E-state index in [0.29, 0.717) is 11.4 Å². The smallest absolute Gasteiger partial charge is 0.337 e. The van der Waals surface area contributed by atoms with Crippen LogP contribution in [0.3, 0.4) is 0 Å². The van der Waals surface area contributed by atoms with Crippen LogP contribution in [0.15, 0.2) is 48.7 Å². The van der Waals surface area contributed by atoms with Gasteiger partial charge in [0.15, 0.2) is 0 Å². The van der Waals surface area contributed by atoms with Crippen molar-refractivity contribution in [2.45, 2.75) is 18.8 Å². The molecule has 1 aliphatic heterocycles. The third kappa shape index (κ3) is 3.03. The molecule has 0 spiro atoms. The lowest BCUT2D eigenvalue weighted by Crippen LogP contribution is -2.30. The van der Waals surface area contributed by atoms with Crippen LogP contribution in [-0.2, 0) is 0 Å². The predicted molar refractivity (Wildman–Crippen MR) is 97.5 cm³/mol. The molecular weight excluding hydrogens is 314 g/mol. The molecular formula is C20H21N3O2. The predicted octanol–water partition coefficient (Wildman–Crippen LogP) is 3.53. The number of fused-ring (bicyclic) bond motifs is 1. The summed E-state index contributed by atoms with van der Waals surface area (Å²) in [6.07, 6.45) is 4.36. The summed E-state index contributed by atoms with van der Waals surface area (Å²) in [5.41, 5.74) is 3.06. The normalized spacial score (nSPS) is 18.5. The van der Waals surface area contributed by atoms with E-state index < -0.39 is 5.97 Å². The number of nitrogens with zero attached hydrogens (tertiary/aromatic N) is 3. The molecule has 0 unspecified atom stereocenters. The molecule has 2 heterocycles. The molecule has 25 heavy (non-hydrogen) atoms. The van der Waals surface area contributed by atoms with Gasteiger partial charge in [-0.05, 0) is 56.1 Å². The molecule has 1 aliphatic rings. The zero-order chi connectivity index (χ0) is 17.4. The van der Waals surface area contributed by atoms with Gasteiger partial charge in [0, 0.05) is 18.1 Å². The molecule has 3 aromatic rings. The van der Waals surface area contributed by atoms with Crippen molar-refractivity contribution in [2.75, 3.05) is 20.1 Å². The van der Waals surface area contributed by atoms with Gasteiger partial charge in [0.1, 0.15) is 5.52 Å². The summed E-state index contributed by atoms with van der Waals surface area (Å²) in [7, 11) is 2.18. The third-order valence-corrected chi connectivity index (χ3v) is 5.02. The fourth-order valence-corrected chi connectivity index (χ4v) is 3.69. The second kappa shape index (κ2) is 6.33. The van der Waals surface area contributed by atoms with E-state index in [-0.39, 0.29) is 5.56 Å². The third-order valence-electron chi connectivity index (χ3n) is 5.02. The Morgan fingerprint density at radius 3 is 2.72 bits per heavy atom. The highest BCUT2D eigenvalue weighted by atomic mass is 16.4. The molecule has 128 valence electrons. The number of carbonyl (C=O) groups is 1. The lowest BCUT2D eigenvalue weighted by Gasteiger charge is -2.30. The Hall–Kier alpha value is -2.66. The first kappa shape index (κ1) is 15.8. The number of piperidine rings is 1. The zero-order valence-corrected chi connectivity index (χ0v) is 14.2. The summed E-state index contributed by atoms with van der Waals surface area (Å²) in [6, 6.07) is 13.7. The van der Waals surface area contributed by atoms with Gasteiger partial charge in [0.25, 0.3) is 0 Å². The van der Waals surface area contributed by atoms with E-state index in [4.69, 9.17) is 0 Å². The summed E-state index contributed by atoms with van der Waals surface area (Å²) < 4.78 is 1.76. The Balaban J connectivity index is 1.65. The number of aromatic carboxylic acids is 1. The Kier molecular flexibility index (Phi) is 4.01. The number of hydrogen-bond acceptors (Lipinski definition) is 3. The van der Waals surface area contributed by atoms with Crippen molar-refractivity contribution in [2.24, 2.45) is 0 Å². The molecule has 0 bridgehead atoms. The van der Waals surface area contributed by atoms with Gasteiger partial charge in [-0.3, -0.25) is 0 Å². The standard InChI is InChI=1S/C20H21N3O2/c1-22-11-3-5-15(12-22)14-7-9-17(10-8-14)23-13-16-4-2-6-18(20(24)25)19(16)21-23/h2,4,6-10,13,15H,3,5,11-12H2,1H3,(H,24,25)/t15-/m1/s1. The van der Waals surface area contributed by atoms with Crippen molar-refractivity contribution in [1.29, 1.82) is 0 Å². The Morgan fingerprint density at radius 2 is 2.00 bits per heavy atom. The van der Waals surface area contributed by atoms with Gasteiger partial charge in [0.2, 0.25) is 0 Å². The average Bonchev–Trinajstić information content (AvgIpc) is 3.06. The van der Waals surface area contributed by atoms with Crippen LogP contribution in [-0.4, -0.2) is 45.9 Å². The van der Waals surface area contributed by atoms with E-state index >= 15 is 0 Å². The van der Waals surface area contributed by atoms with Gasteiger partial charge in [-0.25, -0.2) is 9.48 Å². The monoisotopic (exact) mass is 335 g/mol. The van der Waals surface area contributed by atoms with Crippen molar-refractivity contribution >= 4 is 16.9 Å². The first-order valence-corrected chi connectivity index (χ1v) is 8.62. The van der Waals surface area contributed by atoms with Gasteiger partial charge in [-0.15, -0.1) is 0 Å². The lowest BCUT2D eigenvalue weighted by molar-refractivity contribution is 0.0699. The van der Waals surface area contributed by atoms with Crippen molar-refractivity contribution in [3.05, 3.63) is 59.8 Å². The van der Waals surface area contributed by atoms with E-state index in [1.54, 1.807) is 16.8 Å². The molecule has 4 rings (SSSR count). The maximum absolute atomic E-state index is 11.4. The summed E-state index contributed by atoms with van der Waals surface area (Å²) in [4.78, 5) is 13.7. The first-order valence-electron chi connectivity index (χ1n) is 8.62. The van der Waals surface area contributed by atoms with Crippen molar-refractivity contribution < 1.29 is 9.90 Å². The Bertz CT molecular complexity index is 914. The van der Waals surface area contributed by atoms with Crippen LogP contribution < -0.4 is 0 Å². The molecule has 5 nitrogen and oxygen atoms in total. The minimum Gasteiger partial charge on any atom is -0.478 e. The summed E-state index contributed by atoms with van der Waals surface area (Å²) in [5.74, 6) is -0.365. The number of hydrogen-bond donors (Lipinski definition) is 1. The number of likely N-dealkylation sites (tertiary alicyclic amines) is 1. The molecule has 1 aromatic heterocycles. The number of carboxylic acids is 1. The van der Waals surface area contributed by atoms with Crippen LogP contribution in [0, 0.1) is 0 Å². The van der Waals surface area contributed by atoms with E-state index in [0.717, 1.165) is 17.6 Å². The fourth-order valence-electron chi connectivity index (χ4n) is 3.69. The Labute approximate surface area is 146 Å². The Morgan fingerprint density at radius 1 is 1.20 bits per heavy atom.